The van der Waals surface area contributed by atoms with Crippen molar-refractivity contribution in [3.63, 3.8) is 0 Å². The van der Waals surface area contributed by atoms with E-state index in [0.717, 1.165) is 27.5 Å². The second-order valence-corrected chi connectivity index (χ2v) is 7.77. The van der Waals surface area contributed by atoms with E-state index in [1.807, 2.05) is 54.7 Å². The summed E-state index contributed by atoms with van der Waals surface area (Å²) in [6, 6.07) is 14.9. The number of anilines is 1. The van der Waals surface area contributed by atoms with Gasteiger partial charge in [0.2, 0.25) is 5.91 Å². The van der Waals surface area contributed by atoms with Crippen molar-refractivity contribution in [3.05, 3.63) is 66.5 Å². The highest BCUT2D eigenvalue weighted by atomic mass is 32.2. The summed E-state index contributed by atoms with van der Waals surface area (Å²) in [6.07, 6.45) is 3.57. The van der Waals surface area contributed by atoms with Crippen LogP contribution in [0.5, 0.6) is 0 Å². The number of carbonyl (C=O) groups is 2. The molecule has 0 spiro atoms. The van der Waals surface area contributed by atoms with Gasteiger partial charge in [0.25, 0.3) is 5.91 Å². The number of amides is 2. The normalized spacial score (nSPS) is 16.7. The van der Waals surface area contributed by atoms with Crippen molar-refractivity contribution in [1.82, 2.24) is 14.9 Å². The van der Waals surface area contributed by atoms with Crippen LogP contribution >= 0.6 is 11.8 Å². The van der Waals surface area contributed by atoms with Gasteiger partial charge in [0.15, 0.2) is 0 Å². The largest absolute Gasteiger partial charge is 0.361 e. The smallest absolute Gasteiger partial charge is 0.257 e. The van der Waals surface area contributed by atoms with Gasteiger partial charge in [0.05, 0.1) is 17.1 Å². The lowest BCUT2D eigenvalue weighted by Crippen LogP contribution is -2.44. The number of aromatic amines is 2. The maximum absolute atomic E-state index is 13.2. The van der Waals surface area contributed by atoms with Gasteiger partial charge in [0.1, 0.15) is 6.04 Å². The van der Waals surface area contributed by atoms with E-state index in [0.29, 0.717) is 17.2 Å². The third kappa shape index (κ3) is 2.75. The first-order chi connectivity index (χ1) is 13.7. The molecule has 3 heterocycles. The summed E-state index contributed by atoms with van der Waals surface area (Å²) in [7, 11) is 0. The molecule has 0 saturated carbocycles. The van der Waals surface area contributed by atoms with Crippen LogP contribution in [0.4, 0.5) is 5.69 Å². The van der Waals surface area contributed by atoms with Gasteiger partial charge in [-0.05, 0) is 24.3 Å². The number of carbonyl (C=O) groups excluding carboxylic acids is 2. The zero-order valence-corrected chi connectivity index (χ0v) is 15.8. The topological polar surface area (TPSA) is 81.0 Å². The number of nitrogens with one attached hydrogen (secondary N) is 3. The number of hydrogen-bond acceptors (Lipinski definition) is 3. The summed E-state index contributed by atoms with van der Waals surface area (Å²) in [5.41, 5.74) is 3.23. The Labute approximate surface area is 165 Å². The monoisotopic (exact) mass is 390 g/mol. The fraction of sp³-hybridized carbons (Fsp3) is 0.143. The third-order valence-corrected chi connectivity index (χ3v) is 6.13. The van der Waals surface area contributed by atoms with Crippen LogP contribution in [0.1, 0.15) is 10.4 Å². The molecule has 2 aromatic carbocycles. The van der Waals surface area contributed by atoms with E-state index in [2.05, 4.69) is 15.3 Å². The van der Waals surface area contributed by atoms with Gasteiger partial charge < -0.3 is 20.2 Å². The molecule has 2 aromatic heterocycles. The minimum Gasteiger partial charge on any atom is -0.361 e. The Morgan fingerprint density at radius 3 is 2.75 bits per heavy atom. The Balaban J connectivity index is 1.41. The predicted octanol–water partition coefficient (Wildman–Crippen LogP) is 3.80. The number of thioether (sulfide) groups is 1. The molecule has 3 N–H and O–H groups in total. The van der Waals surface area contributed by atoms with E-state index in [-0.39, 0.29) is 11.8 Å². The molecule has 1 aliphatic rings. The Morgan fingerprint density at radius 2 is 1.82 bits per heavy atom. The van der Waals surface area contributed by atoms with Gasteiger partial charge in [-0.3, -0.25) is 9.59 Å². The molecule has 0 radical (unpaired) electrons. The third-order valence-electron chi connectivity index (χ3n) is 5.12. The van der Waals surface area contributed by atoms with Crippen LogP contribution in [-0.2, 0) is 4.79 Å². The Bertz CT molecular complexity index is 1200. The van der Waals surface area contributed by atoms with Crippen molar-refractivity contribution in [1.29, 1.82) is 0 Å². The first-order valence-corrected chi connectivity index (χ1v) is 10.2. The summed E-state index contributed by atoms with van der Waals surface area (Å²) in [4.78, 5) is 34.1. The number of para-hydroxylation sites is 1. The molecular weight excluding hydrogens is 372 g/mol. The molecular formula is C21H18N4O2S. The minimum absolute atomic E-state index is 0.123. The predicted molar refractivity (Wildman–Crippen MR) is 113 cm³/mol. The standard InChI is InChI=1S/C21H18N4O2S/c26-20(24-18-7-3-6-17-14(18)8-9-22-17)19-11-28-12-25(19)21(27)15-10-23-16-5-2-1-4-13(15)16/h1-10,19,22-23H,11-12H2,(H,24,26). The number of rotatable bonds is 3. The van der Waals surface area contributed by atoms with Crippen molar-refractivity contribution in [2.45, 2.75) is 6.04 Å². The van der Waals surface area contributed by atoms with Crippen LogP contribution in [-0.4, -0.2) is 44.4 Å². The first kappa shape index (κ1) is 16.9. The molecule has 4 aromatic rings. The highest BCUT2D eigenvalue weighted by molar-refractivity contribution is 7.99. The molecule has 1 fully saturated rings. The quantitative estimate of drug-likeness (QED) is 0.498. The Morgan fingerprint density at radius 1 is 1.00 bits per heavy atom. The van der Waals surface area contributed by atoms with Gasteiger partial charge >= 0.3 is 0 Å². The zero-order valence-electron chi connectivity index (χ0n) is 14.9. The molecule has 1 aliphatic heterocycles. The Kier molecular flexibility index (Phi) is 4.09. The number of H-pyrrole nitrogens is 2. The van der Waals surface area contributed by atoms with Crippen molar-refractivity contribution in [2.75, 3.05) is 16.9 Å². The zero-order chi connectivity index (χ0) is 19.1. The van der Waals surface area contributed by atoms with Crippen LogP contribution < -0.4 is 5.32 Å². The van der Waals surface area contributed by atoms with Crippen LogP contribution in [0.2, 0.25) is 0 Å². The number of fused-ring (bicyclic) bond motifs is 2. The molecule has 0 aliphatic carbocycles. The highest BCUT2D eigenvalue weighted by Gasteiger charge is 2.36. The molecule has 1 atom stereocenters. The van der Waals surface area contributed by atoms with E-state index in [4.69, 9.17) is 0 Å². The van der Waals surface area contributed by atoms with Crippen LogP contribution in [0.25, 0.3) is 21.8 Å². The lowest BCUT2D eigenvalue weighted by Gasteiger charge is -2.23. The van der Waals surface area contributed by atoms with E-state index >= 15 is 0 Å². The molecule has 7 heteroatoms. The Hall–Kier alpha value is -3.19. The SMILES string of the molecule is O=C(Nc1cccc2[nH]ccc12)C1CSCN1C(=O)c1c[nH]c2ccccc12. The summed E-state index contributed by atoms with van der Waals surface area (Å²) < 4.78 is 0. The lowest BCUT2D eigenvalue weighted by molar-refractivity contribution is -0.119. The molecule has 6 nitrogen and oxygen atoms in total. The van der Waals surface area contributed by atoms with Crippen molar-refractivity contribution in [2.24, 2.45) is 0 Å². The first-order valence-electron chi connectivity index (χ1n) is 9.04. The molecule has 5 rings (SSSR count). The van der Waals surface area contributed by atoms with E-state index in [9.17, 15) is 9.59 Å². The van der Waals surface area contributed by atoms with E-state index in [1.54, 1.807) is 22.9 Å². The lowest BCUT2D eigenvalue weighted by atomic mass is 10.1. The fourth-order valence-electron chi connectivity index (χ4n) is 3.67. The summed E-state index contributed by atoms with van der Waals surface area (Å²) in [6.45, 7) is 0. The van der Waals surface area contributed by atoms with Crippen LogP contribution in [0.3, 0.4) is 0 Å². The van der Waals surface area contributed by atoms with Gasteiger partial charge in [0, 0.05) is 40.0 Å². The molecule has 0 bridgehead atoms. The number of nitrogens with zero attached hydrogens (tertiary/aromatic N) is 1. The van der Waals surface area contributed by atoms with Crippen molar-refractivity contribution in [3.8, 4) is 0 Å². The van der Waals surface area contributed by atoms with Gasteiger partial charge in [-0.15, -0.1) is 11.8 Å². The second-order valence-electron chi connectivity index (χ2n) is 6.77. The summed E-state index contributed by atoms with van der Waals surface area (Å²) in [5, 5.41) is 4.84. The van der Waals surface area contributed by atoms with Gasteiger partial charge in [-0.1, -0.05) is 24.3 Å². The molecule has 2 amide bonds. The average molecular weight is 390 g/mol. The highest BCUT2D eigenvalue weighted by Crippen LogP contribution is 2.28. The molecule has 28 heavy (non-hydrogen) atoms. The maximum atomic E-state index is 13.2. The van der Waals surface area contributed by atoms with Crippen LogP contribution in [0.15, 0.2) is 60.9 Å². The molecule has 1 unspecified atom stereocenters. The fourth-order valence-corrected chi connectivity index (χ4v) is 4.83. The number of benzene rings is 2. The van der Waals surface area contributed by atoms with Crippen molar-refractivity contribution >= 4 is 51.1 Å². The van der Waals surface area contributed by atoms with Gasteiger partial charge in [-0.2, -0.15) is 0 Å². The number of hydrogen-bond donors (Lipinski definition) is 3. The molecule has 140 valence electrons. The number of aromatic nitrogens is 2. The molecule has 1 saturated heterocycles. The summed E-state index contributed by atoms with van der Waals surface area (Å²) in [5.74, 6) is 0.808. The maximum Gasteiger partial charge on any atom is 0.257 e. The summed E-state index contributed by atoms with van der Waals surface area (Å²) >= 11 is 1.59. The second kappa shape index (κ2) is 6.76. The van der Waals surface area contributed by atoms with E-state index in [1.165, 1.54) is 0 Å². The van der Waals surface area contributed by atoms with Crippen LogP contribution in [0, 0.1) is 0 Å². The minimum atomic E-state index is -0.500. The van der Waals surface area contributed by atoms with Gasteiger partial charge in [-0.25, -0.2) is 0 Å². The van der Waals surface area contributed by atoms with Crippen molar-refractivity contribution < 1.29 is 9.59 Å². The van der Waals surface area contributed by atoms with E-state index < -0.39 is 6.04 Å². The average Bonchev–Trinajstić information content (AvgIpc) is 3.45.